The normalized spacial score (nSPS) is 16.6. The third kappa shape index (κ3) is 2.84. The zero-order valence-electron chi connectivity index (χ0n) is 9.50. The first-order valence-corrected chi connectivity index (χ1v) is 6.91. The molecule has 1 amide bonds. The molecular formula is C11H14ClN3OS. The zero-order valence-corrected chi connectivity index (χ0v) is 11.1. The Hall–Kier alpha value is -0.940. The molecule has 0 radical (unpaired) electrons. The SMILES string of the molecule is CSC1(CNC(=O)c2cc(Cl)ncc2N)CC1. The average Bonchev–Trinajstić information content (AvgIpc) is 3.10. The van der Waals surface area contributed by atoms with E-state index in [-0.39, 0.29) is 15.8 Å². The Labute approximate surface area is 109 Å². The van der Waals surface area contributed by atoms with Gasteiger partial charge in [0.2, 0.25) is 0 Å². The number of aromatic nitrogens is 1. The highest BCUT2D eigenvalue weighted by atomic mass is 35.5. The highest BCUT2D eigenvalue weighted by Gasteiger charge is 2.42. The van der Waals surface area contributed by atoms with E-state index in [1.54, 1.807) is 11.8 Å². The van der Waals surface area contributed by atoms with Crippen molar-refractivity contribution in [3.8, 4) is 0 Å². The van der Waals surface area contributed by atoms with Crippen molar-refractivity contribution in [2.75, 3.05) is 18.5 Å². The van der Waals surface area contributed by atoms with E-state index in [1.165, 1.54) is 12.3 Å². The monoisotopic (exact) mass is 271 g/mol. The summed E-state index contributed by atoms with van der Waals surface area (Å²) >= 11 is 7.54. The standard InChI is InChI=1S/C11H14ClN3OS/c1-17-11(2-3-11)6-15-10(16)7-4-9(12)14-5-8(7)13/h4-5H,2-3,6,13H2,1H3,(H,15,16). The molecule has 0 aliphatic heterocycles. The number of nitrogen functional groups attached to an aromatic ring is 1. The molecule has 4 nitrogen and oxygen atoms in total. The summed E-state index contributed by atoms with van der Waals surface area (Å²) in [5, 5.41) is 3.17. The van der Waals surface area contributed by atoms with Crippen molar-refractivity contribution in [2.24, 2.45) is 0 Å². The quantitative estimate of drug-likeness (QED) is 0.822. The zero-order chi connectivity index (χ0) is 12.5. The summed E-state index contributed by atoms with van der Waals surface area (Å²) in [6, 6.07) is 1.49. The third-order valence-electron chi connectivity index (χ3n) is 2.96. The number of hydrogen-bond donors (Lipinski definition) is 2. The van der Waals surface area contributed by atoms with E-state index in [2.05, 4.69) is 16.6 Å². The first-order chi connectivity index (χ1) is 8.06. The fraction of sp³-hybridized carbons (Fsp3) is 0.455. The predicted octanol–water partition coefficient (Wildman–Crippen LogP) is 1.94. The van der Waals surface area contributed by atoms with Gasteiger partial charge in [0.15, 0.2) is 0 Å². The van der Waals surface area contributed by atoms with Crippen LogP contribution in [0.15, 0.2) is 12.3 Å². The number of carbonyl (C=O) groups is 1. The van der Waals surface area contributed by atoms with Gasteiger partial charge in [-0.05, 0) is 25.2 Å². The highest BCUT2D eigenvalue weighted by Crippen LogP contribution is 2.46. The number of nitrogens with one attached hydrogen (secondary N) is 1. The first kappa shape index (κ1) is 12.5. The average molecular weight is 272 g/mol. The lowest BCUT2D eigenvalue weighted by Gasteiger charge is -2.13. The molecule has 6 heteroatoms. The van der Waals surface area contributed by atoms with Crippen molar-refractivity contribution >= 4 is 35.0 Å². The molecule has 0 atom stereocenters. The minimum absolute atomic E-state index is 0.188. The molecule has 17 heavy (non-hydrogen) atoms. The fourth-order valence-electron chi connectivity index (χ4n) is 1.57. The second-order valence-corrected chi connectivity index (χ2v) is 5.83. The van der Waals surface area contributed by atoms with Gasteiger partial charge in [-0.3, -0.25) is 4.79 Å². The van der Waals surface area contributed by atoms with E-state index in [0.29, 0.717) is 17.8 Å². The number of rotatable bonds is 4. The van der Waals surface area contributed by atoms with E-state index < -0.39 is 0 Å². The summed E-state index contributed by atoms with van der Waals surface area (Å²) < 4.78 is 0.237. The Bertz CT molecular complexity index is 448. The molecule has 1 aromatic heterocycles. The molecule has 0 aromatic carbocycles. The Balaban J connectivity index is 2.02. The Morgan fingerprint density at radius 1 is 1.71 bits per heavy atom. The molecule has 92 valence electrons. The van der Waals surface area contributed by atoms with Crippen LogP contribution in [0.1, 0.15) is 23.2 Å². The maximum Gasteiger partial charge on any atom is 0.253 e. The number of nitrogens with two attached hydrogens (primary N) is 1. The molecule has 0 bridgehead atoms. The lowest BCUT2D eigenvalue weighted by Crippen LogP contribution is -2.32. The van der Waals surface area contributed by atoms with Crippen LogP contribution in [0.25, 0.3) is 0 Å². The van der Waals surface area contributed by atoms with Gasteiger partial charge in [0.25, 0.3) is 5.91 Å². The molecule has 2 rings (SSSR count). The lowest BCUT2D eigenvalue weighted by molar-refractivity contribution is 0.0954. The van der Waals surface area contributed by atoms with E-state index in [1.807, 2.05) is 0 Å². The second-order valence-electron chi connectivity index (χ2n) is 4.16. The van der Waals surface area contributed by atoms with Crippen LogP contribution in [0, 0.1) is 0 Å². The molecule has 1 aliphatic carbocycles. The highest BCUT2D eigenvalue weighted by molar-refractivity contribution is 8.00. The van der Waals surface area contributed by atoms with Gasteiger partial charge >= 0.3 is 0 Å². The summed E-state index contributed by atoms with van der Waals surface area (Å²) in [7, 11) is 0. The molecule has 0 saturated heterocycles. The molecular weight excluding hydrogens is 258 g/mol. The predicted molar refractivity (Wildman–Crippen MR) is 71.5 cm³/mol. The van der Waals surface area contributed by atoms with E-state index in [9.17, 15) is 4.79 Å². The van der Waals surface area contributed by atoms with Crippen molar-refractivity contribution in [2.45, 2.75) is 17.6 Å². The van der Waals surface area contributed by atoms with Gasteiger partial charge in [-0.25, -0.2) is 4.98 Å². The van der Waals surface area contributed by atoms with Crippen LogP contribution in [0.4, 0.5) is 5.69 Å². The number of nitrogens with zero attached hydrogens (tertiary/aromatic N) is 1. The van der Waals surface area contributed by atoms with Gasteiger partial charge in [0.1, 0.15) is 5.15 Å². The van der Waals surface area contributed by atoms with Crippen LogP contribution < -0.4 is 11.1 Å². The molecule has 3 N–H and O–H groups in total. The first-order valence-electron chi connectivity index (χ1n) is 5.31. The molecule has 1 heterocycles. The van der Waals surface area contributed by atoms with Gasteiger partial charge in [-0.15, -0.1) is 0 Å². The van der Waals surface area contributed by atoms with Crippen LogP contribution in [0.3, 0.4) is 0 Å². The van der Waals surface area contributed by atoms with Crippen LogP contribution in [-0.4, -0.2) is 28.4 Å². The fourth-order valence-corrected chi connectivity index (χ4v) is 2.45. The van der Waals surface area contributed by atoms with Gasteiger partial charge < -0.3 is 11.1 Å². The Morgan fingerprint density at radius 2 is 2.41 bits per heavy atom. The van der Waals surface area contributed by atoms with Crippen LogP contribution >= 0.6 is 23.4 Å². The van der Waals surface area contributed by atoms with Gasteiger partial charge in [-0.2, -0.15) is 11.8 Å². The molecule has 1 saturated carbocycles. The number of thioether (sulfide) groups is 1. The number of pyridine rings is 1. The molecule has 0 spiro atoms. The van der Waals surface area contributed by atoms with Crippen LogP contribution in [0.5, 0.6) is 0 Å². The lowest BCUT2D eigenvalue weighted by atomic mass is 10.2. The maximum absolute atomic E-state index is 11.9. The summed E-state index contributed by atoms with van der Waals surface area (Å²) in [6.45, 7) is 0.673. The van der Waals surface area contributed by atoms with Gasteiger partial charge in [0.05, 0.1) is 17.4 Å². The summed E-state index contributed by atoms with van der Waals surface area (Å²) in [6.07, 6.45) is 5.78. The second kappa shape index (κ2) is 4.74. The van der Waals surface area contributed by atoms with Crippen molar-refractivity contribution in [3.63, 3.8) is 0 Å². The number of anilines is 1. The summed E-state index contributed by atoms with van der Waals surface area (Å²) in [4.78, 5) is 15.7. The van der Waals surface area contributed by atoms with Crippen molar-refractivity contribution in [1.82, 2.24) is 10.3 Å². The van der Waals surface area contributed by atoms with Gasteiger partial charge in [-0.1, -0.05) is 11.6 Å². The maximum atomic E-state index is 11.9. The number of halogens is 1. The van der Waals surface area contributed by atoms with Crippen molar-refractivity contribution < 1.29 is 4.79 Å². The third-order valence-corrected chi connectivity index (χ3v) is 4.58. The molecule has 1 aliphatic rings. The Kier molecular flexibility index (Phi) is 3.49. The van der Waals surface area contributed by atoms with Gasteiger partial charge in [0, 0.05) is 11.3 Å². The van der Waals surface area contributed by atoms with Crippen LogP contribution in [-0.2, 0) is 0 Å². The number of hydrogen-bond acceptors (Lipinski definition) is 4. The Morgan fingerprint density at radius 3 is 3.00 bits per heavy atom. The van der Waals surface area contributed by atoms with Crippen molar-refractivity contribution in [1.29, 1.82) is 0 Å². The van der Waals surface area contributed by atoms with E-state index in [4.69, 9.17) is 17.3 Å². The smallest absolute Gasteiger partial charge is 0.253 e. The summed E-state index contributed by atoms with van der Waals surface area (Å²) in [5.74, 6) is -0.188. The largest absolute Gasteiger partial charge is 0.397 e. The molecule has 1 aromatic rings. The van der Waals surface area contributed by atoms with Crippen LogP contribution in [0.2, 0.25) is 5.15 Å². The number of carbonyl (C=O) groups excluding carboxylic acids is 1. The van der Waals surface area contributed by atoms with E-state index in [0.717, 1.165) is 12.8 Å². The molecule has 1 fully saturated rings. The number of amides is 1. The minimum atomic E-state index is -0.188. The molecule has 0 unspecified atom stereocenters. The van der Waals surface area contributed by atoms with E-state index >= 15 is 0 Å². The van der Waals surface area contributed by atoms with Crippen molar-refractivity contribution in [3.05, 3.63) is 23.0 Å². The minimum Gasteiger partial charge on any atom is -0.397 e. The topological polar surface area (TPSA) is 68.0 Å². The summed E-state index contributed by atoms with van der Waals surface area (Å²) in [5.41, 5.74) is 6.43.